The minimum Gasteiger partial charge on any atom is -0.436 e. The Bertz CT molecular complexity index is 1280. The van der Waals surface area contributed by atoms with E-state index in [1.807, 2.05) is 13.0 Å². The van der Waals surface area contributed by atoms with E-state index in [9.17, 15) is 22.4 Å². The van der Waals surface area contributed by atoms with Crippen LogP contribution in [-0.2, 0) is 12.6 Å². The standard InChI is InChI=1S/C22H15F4N3O2/c1-2-13-5-3-8-18(27-13)28-20(30)14-6-4-7-17-19(14)29-21(31-17)15-11-12(23)9-10-16(15)22(24,25)26/h3-11H,2H2,1H3,(H,27,28,30). The summed E-state index contributed by atoms with van der Waals surface area (Å²) in [4.78, 5) is 21.2. The fraction of sp³-hybridized carbons (Fsp3) is 0.136. The molecule has 5 nitrogen and oxygen atoms in total. The number of alkyl halides is 3. The van der Waals surface area contributed by atoms with Gasteiger partial charge in [0.1, 0.15) is 17.2 Å². The average molecular weight is 429 g/mol. The third kappa shape index (κ3) is 4.11. The molecule has 9 heteroatoms. The van der Waals surface area contributed by atoms with E-state index in [0.717, 1.165) is 5.69 Å². The van der Waals surface area contributed by atoms with Crippen molar-refractivity contribution in [3.05, 3.63) is 77.2 Å². The molecule has 0 atom stereocenters. The van der Waals surface area contributed by atoms with Crippen molar-refractivity contribution >= 4 is 22.8 Å². The van der Waals surface area contributed by atoms with Gasteiger partial charge in [-0.25, -0.2) is 14.4 Å². The van der Waals surface area contributed by atoms with Crippen molar-refractivity contribution < 1.29 is 26.8 Å². The van der Waals surface area contributed by atoms with Crippen LogP contribution in [0.3, 0.4) is 0 Å². The number of benzene rings is 2. The second kappa shape index (κ2) is 7.82. The smallest absolute Gasteiger partial charge is 0.417 e. The van der Waals surface area contributed by atoms with Gasteiger partial charge in [0.15, 0.2) is 5.58 Å². The third-order valence-electron chi connectivity index (χ3n) is 4.59. The number of nitrogens with one attached hydrogen (secondary N) is 1. The highest BCUT2D eigenvalue weighted by molar-refractivity contribution is 6.11. The molecule has 2 heterocycles. The van der Waals surface area contributed by atoms with Crippen LogP contribution in [0.2, 0.25) is 0 Å². The van der Waals surface area contributed by atoms with E-state index >= 15 is 0 Å². The fourth-order valence-corrected chi connectivity index (χ4v) is 3.12. The van der Waals surface area contributed by atoms with Crippen LogP contribution >= 0.6 is 0 Å². The first-order chi connectivity index (χ1) is 14.8. The van der Waals surface area contributed by atoms with Gasteiger partial charge in [-0.15, -0.1) is 0 Å². The molecule has 0 aliphatic rings. The number of rotatable bonds is 4. The number of amides is 1. The van der Waals surface area contributed by atoms with Gasteiger partial charge in [-0.2, -0.15) is 13.2 Å². The van der Waals surface area contributed by atoms with Gasteiger partial charge in [-0.1, -0.05) is 19.1 Å². The highest BCUT2D eigenvalue weighted by Gasteiger charge is 2.35. The SMILES string of the molecule is CCc1cccc(NC(=O)c2cccc3oc(-c4cc(F)ccc4C(F)(F)F)nc23)n1. The Kier molecular flexibility index (Phi) is 5.18. The van der Waals surface area contributed by atoms with Crippen molar-refractivity contribution in [3.8, 4) is 11.5 Å². The first-order valence-corrected chi connectivity index (χ1v) is 9.30. The minimum atomic E-state index is -4.74. The largest absolute Gasteiger partial charge is 0.436 e. The van der Waals surface area contributed by atoms with Gasteiger partial charge in [-0.3, -0.25) is 4.79 Å². The summed E-state index contributed by atoms with van der Waals surface area (Å²) in [6.07, 6.45) is -4.05. The molecule has 0 saturated carbocycles. The van der Waals surface area contributed by atoms with Crippen molar-refractivity contribution in [2.45, 2.75) is 19.5 Å². The minimum absolute atomic E-state index is 0.0547. The lowest BCUT2D eigenvalue weighted by atomic mass is 10.1. The quantitative estimate of drug-likeness (QED) is 0.413. The number of oxazole rings is 1. The molecule has 2 aromatic carbocycles. The van der Waals surface area contributed by atoms with Crippen LogP contribution in [0, 0.1) is 5.82 Å². The second-order valence-electron chi connectivity index (χ2n) is 6.68. The number of carbonyl (C=O) groups excluding carboxylic acids is 1. The highest BCUT2D eigenvalue weighted by Crippen LogP contribution is 2.38. The number of hydrogen-bond donors (Lipinski definition) is 1. The van der Waals surface area contributed by atoms with Crippen LogP contribution < -0.4 is 5.32 Å². The number of halogens is 4. The summed E-state index contributed by atoms with van der Waals surface area (Å²) in [5, 5.41) is 2.65. The van der Waals surface area contributed by atoms with Crippen LogP contribution in [-0.4, -0.2) is 15.9 Å². The summed E-state index contributed by atoms with van der Waals surface area (Å²) in [7, 11) is 0. The molecule has 0 fully saturated rings. The van der Waals surface area contributed by atoms with Crippen LogP contribution in [0.25, 0.3) is 22.6 Å². The molecule has 1 N–H and O–H groups in total. The van der Waals surface area contributed by atoms with Gasteiger partial charge >= 0.3 is 6.18 Å². The van der Waals surface area contributed by atoms with Crippen LogP contribution in [0.1, 0.15) is 28.5 Å². The van der Waals surface area contributed by atoms with Crippen LogP contribution in [0.4, 0.5) is 23.4 Å². The molecule has 31 heavy (non-hydrogen) atoms. The number of aromatic nitrogens is 2. The number of aryl methyl sites for hydroxylation is 1. The summed E-state index contributed by atoms with van der Waals surface area (Å²) in [6, 6.07) is 11.7. The average Bonchev–Trinajstić information content (AvgIpc) is 3.17. The molecule has 2 aromatic heterocycles. The second-order valence-corrected chi connectivity index (χ2v) is 6.68. The lowest BCUT2D eigenvalue weighted by Crippen LogP contribution is -2.13. The summed E-state index contributed by atoms with van der Waals surface area (Å²) in [6.45, 7) is 1.92. The van der Waals surface area contributed by atoms with E-state index in [1.165, 1.54) is 18.2 Å². The van der Waals surface area contributed by atoms with E-state index < -0.39 is 34.9 Å². The van der Waals surface area contributed by atoms with Crippen LogP contribution in [0.15, 0.2) is 59.0 Å². The van der Waals surface area contributed by atoms with Gasteiger partial charge in [0.2, 0.25) is 5.89 Å². The van der Waals surface area contributed by atoms with E-state index in [4.69, 9.17) is 4.42 Å². The Labute approximate surface area is 173 Å². The maximum atomic E-state index is 13.7. The number of carbonyl (C=O) groups is 1. The predicted octanol–water partition coefficient (Wildman–Crippen LogP) is 5.86. The Balaban J connectivity index is 1.76. The van der Waals surface area contributed by atoms with E-state index in [2.05, 4.69) is 15.3 Å². The van der Waals surface area contributed by atoms with Crippen molar-refractivity contribution in [3.63, 3.8) is 0 Å². The van der Waals surface area contributed by atoms with Gasteiger partial charge in [0, 0.05) is 5.69 Å². The van der Waals surface area contributed by atoms with Crippen molar-refractivity contribution in [2.24, 2.45) is 0 Å². The topological polar surface area (TPSA) is 68.0 Å². The zero-order chi connectivity index (χ0) is 22.2. The normalized spacial score (nSPS) is 11.6. The van der Waals surface area contributed by atoms with Crippen molar-refractivity contribution in [2.75, 3.05) is 5.32 Å². The molecule has 4 rings (SSSR count). The molecule has 0 radical (unpaired) electrons. The number of para-hydroxylation sites is 1. The monoisotopic (exact) mass is 429 g/mol. The fourth-order valence-electron chi connectivity index (χ4n) is 3.12. The summed E-state index contributed by atoms with van der Waals surface area (Å²) in [5.41, 5.74) is -0.625. The molecule has 0 bridgehead atoms. The van der Waals surface area contributed by atoms with E-state index in [-0.39, 0.29) is 16.7 Å². The van der Waals surface area contributed by atoms with E-state index in [0.29, 0.717) is 30.4 Å². The highest BCUT2D eigenvalue weighted by atomic mass is 19.4. The Hall–Kier alpha value is -3.75. The Morgan fingerprint density at radius 1 is 1.06 bits per heavy atom. The zero-order valence-electron chi connectivity index (χ0n) is 16.1. The third-order valence-corrected chi connectivity index (χ3v) is 4.59. The number of nitrogens with zero attached hydrogens (tertiary/aromatic N) is 2. The molecule has 1 amide bonds. The molecule has 0 spiro atoms. The maximum absolute atomic E-state index is 13.7. The summed E-state index contributed by atoms with van der Waals surface area (Å²) < 4.78 is 59.2. The summed E-state index contributed by atoms with van der Waals surface area (Å²) >= 11 is 0. The number of anilines is 1. The maximum Gasteiger partial charge on any atom is 0.417 e. The number of hydrogen-bond acceptors (Lipinski definition) is 4. The molecular weight excluding hydrogens is 414 g/mol. The first-order valence-electron chi connectivity index (χ1n) is 9.30. The van der Waals surface area contributed by atoms with Crippen molar-refractivity contribution in [1.29, 1.82) is 0 Å². The molecule has 0 saturated heterocycles. The summed E-state index contributed by atoms with van der Waals surface area (Å²) in [5.74, 6) is -1.53. The van der Waals surface area contributed by atoms with Gasteiger partial charge in [-0.05, 0) is 48.9 Å². The van der Waals surface area contributed by atoms with E-state index in [1.54, 1.807) is 12.1 Å². The van der Waals surface area contributed by atoms with Gasteiger partial charge < -0.3 is 9.73 Å². The predicted molar refractivity (Wildman–Crippen MR) is 106 cm³/mol. The molecule has 0 unspecified atom stereocenters. The zero-order valence-corrected chi connectivity index (χ0v) is 16.1. The van der Waals surface area contributed by atoms with Gasteiger partial charge in [0.05, 0.1) is 16.7 Å². The van der Waals surface area contributed by atoms with Crippen molar-refractivity contribution in [1.82, 2.24) is 9.97 Å². The Morgan fingerprint density at radius 3 is 2.58 bits per heavy atom. The Morgan fingerprint density at radius 2 is 1.84 bits per heavy atom. The molecule has 4 aromatic rings. The van der Waals surface area contributed by atoms with Gasteiger partial charge in [0.25, 0.3) is 5.91 Å². The molecule has 0 aliphatic heterocycles. The molecule has 0 aliphatic carbocycles. The lowest BCUT2D eigenvalue weighted by Gasteiger charge is -2.10. The first kappa shape index (κ1) is 20.5. The lowest BCUT2D eigenvalue weighted by molar-refractivity contribution is -0.137. The molecule has 158 valence electrons. The number of pyridine rings is 1. The number of fused-ring (bicyclic) bond motifs is 1. The van der Waals surface area contributed by atoms with Crippen LogP contribution in [0.5, 0.6) is 0 Å². The molecular formula is C22H15F4N3O2.